The molecular weight excluding hydrogens is 347 g/mol. The van der Waals surface area contributed by atoms with Gasteiger partial charge in [0.2, 0.25) is 0 Å². The van der Waals surface area contributed by atoms with Crippen molar-refractivity contribution in [3.05, 3.63) is 50.8 Å². The Hall–Kier alpha value is -1.69. The SMILES string of the molecule is CC.CC(C)=C(C)S/C(C(=O)Nc1ccccc1C)=C(\C)C(F)(F)F. The molecule has 0 unspecified atom stereocenters. The van der Waals surface area contributed by atoms with E-state index in [1.165, 1.54) is 0 Å². The van der Waals surface area contributed by atoms with E-state index in [1.807, 2.05) is 13.8 Å². The molecule has 0 spiro atoms. The van der Waals surface area contributed by atoms with E-state index in [0.717, 1.165) is 29.8 Å². The highest BCUT2D eigenvalue weighted by Gasteiger charge is 2.35. The van der Waals surface area contributed by atoms with E-state index in [4.69, 9.17) is 0 Å². The van der Waals surface area contributed by atoms with Gasteiger partial charge in [0, 0.05) is 11.3 Å². The smallest absolute Gasteiger partial charge is 0.321 e. The lowest BCUT2D eigenvalue weighted by Gasteiger charge is -2.16. The molecule has 140 valence electrons. The number of halogens is 3. The Bertz CT molecular complexity index is 657. The molecule has 0 aromatic heterocycles. The number of benzene rings is 1. The van der Waals surface area contributed by atoms with E-state index in [9.17, 15) is 18.0 Å². The molecule has 0 radical (unpaired) electrons. The zero-order chi connectivity index (χ0) is 19.8. The first kappa shape index (κ1) is 23.3. The van der Waals surface area contributed by atoms with Crippen LogP contribution in [0, 0.1) is 6.92 Å². The molecule has 6 heteroatoms. The molecule has 1 N–H and O–H groups in total. The molecular formula is C19H26F3NOS. The molecule has 0 heterocycles. The van der Waals surface area contributed by atoms with Crippen molar-refractivity contribution in [1.82, 2.24) is 0 Å². The van der Waals surface area contributed by atoms with E-state index >= 15 is 0 Å². The van der Waals surface area contributed by atoms with Crippen LogP contribution in [0.2, 0.25) is 0 Å². The number of alkyl halides is 3. The fourth-order valence-electron chi connectivity index (χ4n) is 1.57. The maximum Gasteiger partial charge on any atom is 0.413 e. The first-order valence-corrected chi connectivity index (χ1v) is 8.82. The van der Waals surface area contributed by atoms with Gasteiger partial charge in [-0.2, -0.15) is 13.2 Å². The van der Waals surface area contributed by atoms with Gasteiger partial charge < -0.3 is 5.32 Å². The molecule has 2 nitrogen and oxygen atoms in total. The number of hydrogen-bond acceptors (Lipinski definition) is 2. The van der Waals surface area contributed by atoms with Crippen LogP contribution < -0.4 is 5.32 Å². The highest BCUT2D eigenvalue weighted by atomic mass is 32.2. The molecule has 25 heavy (non-hydrogen) atoms. The van der Waals surface area contributed by atoms with Gasteiger partial charge in [0.05, 0.1) is 4.91 Å². The molecule has 1 amide bonds. The third-order valence-electron chi connectivity index (χ3n) is 3.32. The fourth-order valence-corrected chi connectivity index (χ4v) is 2.49. The minimum absolute atomic E-state index is 0.334. The number of rotatable bonds is 4. The van der Waals surface area contributed by atoms with Crippen LogP contribution in [0.25, 0.3) is 0 Å². The average molecular weight is 373 g/mol. The number of hydrogen-bond donors (Lipinski definition) is 1. The van der Waals surface area contributed by atoms with Gasteiger partial charge in [-0.25, -0.2) is 0 Å². The molecule has 0 atom stereocenters. The third-order valence-corrected chi connectivity index (χ3v) is 4.73. The fraction of sp³-hybridized carbons (Fsp3) is 0.421. The molecule has 1 aromatic carbocycles. The van der Waals surface area contributed by atoms with Crippen molar-refractivity contribution in [1.29, 1.82) is 0 Å². The number of aryl methyl sites for hydroxylation is 1. The summed E-state index contributed by atoms with van der Waals surface area (Å²) in [5.41, 5.74) is 1.26. The number of para-hydroxylation sites is 1. The molecule has 1 rings (SSSR count). The first-order valence-electron chi connectivity index (χ1n) is 8.01. The second kappa shape index (κ2) is 10.3. The Kier molecular flexibility index (Phi) is 9.64. The molecule has 0 aliphatic carbocycles. The second-order valence-electron chi connectivity index (χ2n) is 5.38. The topological polar surface area (TPSA) is 29.1 Å². The number of allylic oxidation sites excluding steroid dienone is 3. The quantitative estimate of drug-likeness (QED) is 0.585. The highest BCUT2D eigenvalue weighted by molar-refractivity contribution is 8.07. The number of thioether (sulfide) groups is 1. The maximum atomic E-state index is 13.1. The predicted octanol–water partition coefficient (Wildman–Crippen LogP) is 6.84. The van der Waals surface area contributed by atoms with Gasteiger partial charge in [-0.1, -0.05) is 49.4 Å². The molecule has 0 aliphatic heterocycles. The van der Waals surface area contributed by atoms with Gasteiger partial charge in [-0.05, 0) is 51.2 Å². The summed E-state index contributed by atoms with van der Waals surface area (Å²) in [6.45, 7) is 12.0. The van der Waals surface area contributed by atoms with Crippen LogP contribution in [0.1, 0.15) is 47.1 Å². The van der Waals surface area contributed by atoms with Gasteiger partial charge in [-0.3, -0.25) is 4.79 Å². The minimum Gasteiger partial charge on any atom is -0.321 e. The van der Waals surface area contributed by atoms with Gasteiger partial charge in [0.15, 0.2) is 0 Å². The summed E-state index contributed by atoms with van der Waals surface area (Å²) in [6.07, 6.45) is -4.55. The van der Waals surface area contributed by atoms with Gasteiger partial charge in [0.25, 0.3) is 5.91 Å². The Morgan fingerprint density at radius 2 is 1.56 bits per heavy atom. The van der Waals surface area contributed by atoms with Crippen LogP contribution in [0.15, 0.2) is 45.2 Å². The molecule has 0 aliphatic rings. The molecule has 0 saturated carbocycles. The molecule has 0 saturated heterocycles. The van der Waals surface area contributed by atoms with E-state index in [-0.39, 0.29) is 4.91 Å². The Morgan fingerprint density at radius 3 is 2.00 bits per heavy atom. The standard InChI is InChI=1S/C17H20F3NOS.C2H6/c1-10(2)13(5)23-15(12(4)17(18,19)20)16(22)21-14-9-7-6-8-11(14)3;1-2/h6-9H,1-5H3,(H,21,22);1-2H3/b15-12+;. The third kappa shape index (κ3) is 7.38. The van der Waals surface area contributed by atoms with Gasteiger partial charge in [-0.15, -0.1) is 0 Å². The highest BCUT2D eigenvalue weighted by Crippen LogP contribution is 2.37. The number of carbonyl (C=O) groups is 1. The van der Waals surface area contributed by atoms with Crippen LogP contribution in [0.3, 0.4) is 0 Å². The Morgan fingerprint density at radius 1 is 1.04 bits per heavy atom. The lowest BCUT2D eigenvalue weighted by atomic mass is 10.2. The maximum absolute atomic E-state index is 13.1. The summed E-state index contributed by atoms with van der Waals surface area (Å²) in [5, 5.41) is 2.57. The van der Waals surface area contributed by atoms with Gasteiger partial charge in [0.1, 0.15) is 0 Å². The summed E-state index contributed by atoms with van der Waals surface area (Å²) in [5.74, 6) is -0.750. The van der Waals surface area contributed by atoms with E-state index in [1.54, 1.807) is 52.0 Å². The number of nitrogens with one attached hydrogen (secondary N) is 1. The Labute approximate surface area is 152 Å². The van der Waals surface area contributed by atoms with Crippen molar-refractivity contribution in [2.24, 2.45) is 0 Å². The zero-order valence-corrected chi connectivity index (χ0v) is 16.6. The molecule has 0 bridgehead atoms. The van der Waals surface area contributed by atoms with Crippen LogP contribution in [-0.2, 0) is 4.79 Å². The average Bonchev–Trinajstić information content (AvgIpc) is 2.54. The summed E-state index contributed by atoms with van der Waals surface area (Å²) in [4.78, 5) is 12.7. The predicted molar refractivity (Wildman–Crippen MR) is 102 cm³/mol. The van der Waals surface area contributed by atoms with Crippen LogP contribution in [0.4, 0.5) is 18.9 Å². The van der Waals surface area contributed by atoms with E-state index in [0.29, 0.717) is 10.6 Å². The van der Waals surface area contributed by atoms with Crippen LogP contribution >= 0.6 is 11.8 Å². The number of amides is 1. The summed E-state index contributed by atoms with van der Waals surface area (Å²) >= 11 is 0.848. The zero-order valence-electron chi connectivity index (χ0n) is 15.8. The van der Waals surface area contributed by atoms with Crippen LogP contribution in [0.5, 0.6) is 0 Å². The number of carbonyl (C=O) groups excluding carboxylic acids is 1. The Balaban J connectivity index is 0.00000277. The normalized spacial score (nSPS) is 11.8. The van der Waals surface area contributed by atoms with Gasteiger partial charge >= 0.3 is 6.18 Å². The van der Waals surface area contributed by atoms with Crippen molar-refractivity contribution in [2.45, 2.75) is 54.6 Å². The minimum atomic E-state index is -4.55. The number of anilines is 1. The summed E-state index contributed by atoms with van der Waals surface area (Å²) in [6, 6.07) is 6.96. The van der Waals surface area contributed by atoms with E-state index < -0.39 is 17.7 Å². The summed E-state index contributed by atoms with van der Waals surface area (Å²) < 4.78 is 39.2. The van der Waals surface area contributed by atoms with Crippen molar-refractivity contribution < 1.29 is 18.0 Å². The second-order valence-corrected chi connectivity index (χ2v) is 6.60. The molecule has 0 fully saturated rings. The van der Waals surface area contributed by atoms with Crippen molar-refractivity contribution in [3.63, 3.8) is 0 Å². The van der Waals surface area contributed by atoms with Crippen molar-refractivity contribution in [2.75, 3.05) is 5.32 Å². The lowest BCUT2D eigenvalue weighted by molar-refractivity contribution is -0.114. The van der Waals surface area contributed by atoms with Crippen LogP contribution in [-0.4, -0.2) is 12.1 Å². The molecule has 1 aromatic rings. The van der Waals surface area contributed by atoms with Crippen molar-refractivity contribution >= 4 is 23.4 Å². The largest absolute Gasteiger partial charge is 0.413 e. The van der Waals surface area contributed by atoms with Crippen molar-refractivity contribution in [3.8, 4) is 0 Å². The lowest BCUT2D eigenvalue weighted by Crippen LogP contribution is -2.20. The first-order chi connectivity index (χ1) is 11.5. The van der Waals surface area contributed by atoms with E-state index in [2.05, 4.69) is 5.32 Å². The monoisotopic (exact) mass is 373 g/mol. The summed E-state index contributed by atoms with van der Waals surface area (Å²) in [7, 11) is 0.